The minimum atomic E-state index is -0.873. The lowest BCUT2D eigenvalue weighted by molar-refractivity contribution is -0.143. The quantitative estimate of drug-likeness (QED) is 0.810. The number of aliphatic carboxylic acids is 1. The fourth-order valence-corrected chi connectivity index (χ4v) is 3.29. The monoisotopic (exact) mass is 283 g/mol. The number of amides is 2. The van der Waals surface area contributed by atoms with Gasteiger partial charge in [0, 0.05) is 19.6 Å². The molecule has 2 rings (SSSR count). The molecule has 0 aromatic heterocycles. The van der Waals surface area contributed by atoms with E-state index in [1.165, 1.54) is 0 Å². The molecule has 2 heterocycles. The van der Waals surface area contributed by atoms with E-state index in [2.05, 4.69) is 5.32 Å². The fourth-order valence-electron chi connectivity index (χ4n) is 3.29. The lowest BCUT2D eigenvalue weighted by atomic mass is 9.97. The number of nitrogens with one attached hydrogen (secondary N) is 1. The van der Waals surface area contributed by atoms with Gasteiger partial charge in [0.1, 0.15) is 6.04 Å². The number of urea groups is 1. The first-order valence-electron chi connectivity index (χ1n) is 7.56. The van der Waals surface area contributed by atoms with Crippen molar-refractivity contribution in [3.05, 3.63) is 0 Å². The number of carboxylic acid groups (broad SMARTS) is 1. The molecule has 0 aromatic carbocycles. The zero-order valence-electron chi connectivity index (χ0n) is 12.2. The fraction of sp³-hybridized carbons (Fsp3) is 0.857. The molecule has 0 spiro atoms. The van der Waals surface area contributed by atoms with Crippen LogP contribution in [0.4, 0.5) is 4.79 Å². The molecule has 114 valence electrons. The van der Waals surface area contributed by atoms with Crippen molar-refractivity contribution in [2.24, 2.45) is 5.92 Å². The predicted octanol–water partition coefficient (Wildman–Crippen LogP) is 0.977. The number of hydrogen-bond donors (Lipinski definition) is 2. The van der Waals surface area contributed by atoms with E-state index < -0.39 is 12.0 Å². The van der Waals surface area contributed by atoms with Crippen LogP contribution in [0.5, 0.6) is 0 Å². The van der Waals surface area contributed by atoms with Gasteiger partial charge in [0.2, 0.25) is 0 Å². The topological polar surface area (TPSA) is 72.9 Å². The molecular formula is C14H25N3O3. The number of carbonyl (C=O) groups is 2. The van der Waals surface area contributed by atoms with Crippen molar-refractivity contribution in [3.63, 3.8) is 0 Å². The summed E-state index contributed by atoms with van der Waals surface area (Å²) in [6.45, 7) is 2.97. The van der Waals surface area contributed by atoms with Gasteiger partial charge in [0.15, 0.2) is 0 Å². The maximum atomic E-state index is 12.6. The van der Waals surface area contributed by atoms with Gasteiger partial charge in [-0.1, -0.05) is 0 Å². The Morgan fingerprint density at radius 2 is 2.00 bits per heavy atom. The minimum absolute atomic E-state index is 0.0853. The normalized spacial score (nSPS) is 27.4. The summed E-state index contributed by atoms with van der Waals surface area (Å²) < 4.78 is 0. The molecule has 0 aromatic rings. The molecule has 2 unspecified atom stereocenters. The molecule has 6 nitrogen and oxygen atoms in total. The van der Waals surface area contributed by atoms with Gasteiger partial charge in [-0.25, -0.2) is 9.59 Å². The van der Waals surface area contributed by atoms with Crippen LogP contribution in [0.2, 0.25) is 0 Å². The van der Waals surface area contributed by atoms with E-state index >= 15 is 0 Å². The maximum absolute atomic E-state index is 12.6. The lowest BCUT2D eigenvalue weighted by Gasteiger charge is -2.40. The van der Waals surface area contributed by atoms with Gasteiger partial charge in [-0.3, -0.25) is 0 Å². The van der Waals surface area contributed by atoms with Gasteiger partial charge in [-0.2, -0.15) is 0 Å². The van der Waals surface area contributed by atoms with Gasteiger partial charge in [-0.15, -0.1) is 0 Å². The van der Waals surface area contributed by atoms with Crippen LogP contribution < -0.4 is 5.32 Å². The molecule has 2 fully saturated rings. The summed E-state index contributed by atoms with van der Waals surface area (Å²) >= 11 is 0. The van der Waals surface area contributed by atoms with Gasteiger partial charge in [0.05, 0.1) is 0 Å². The molecule has 6 heteroatoms. The Morgan fingerprint density at radius 1 is 1.20 bits per heavy atom. The van der Waals surface area contributed by atoms with Crippen molar-refractivity contribution < 1.29 is 14.7 Å². The third kappa shape index (κ3) is 3.42. The number of hydrogen-bond acceptors (Lipinski definition) is 3. The molecule has 2 saturated heterocycles. The molecule has 2 aliphatic heterocycles. The number of piperidine rings is 2. The van der Waals surface area contributed by atoms with Crippen molar-refractivity contribution in [3.8, 4) is 0 Å². The molecule has 0 bridgehead atoms. The Kier molecular flexibility index (Phi) is 5.23. The molecule has 20 heavy (non-hydrogen) atoms. The molecule has 2 aliphatic rings. The number of carbonyl (C=O) groups excluding carboxylic acids is 1. The number of carboxylic acids is 1. The summed E-state index contributed by atoms with van der Waals surface area (Å²) in [4.78, 5) is 27.3. The van der Waals surface area contributed by atoms with E-state index in [9.17, 15) is 14.7 Å². The second kappa shape index (κ2) is 6.92. The Bertz CT molecular complexity index is 360. The zero-order valence-corrected chi connectivity index (χ0v) is 12.2. The van der Waals surface area contributed by atoms with Gasteiger partial charge in [0.25, 0.3) is 0 Å². The Balaban J connectivity index is 1.99. The van der Waals surface area contributed by atoms with Crippen LogP contribution in [0, 0.1) is 5.92 Å². The van der Waals surface area contributed by atoms with Gasteiger partial charge < -0.3 is 20.2 Å². The first-order chi connectivity index (χ1) is 9.63. The Morgan fingerprint density at radius 3 is 2.70 bits per heavy atom. The first-order valence-corrected chi connectivity index (χ1v) is 7.56. The van der Waals surface area contributed by atoms with Crippen LogP contribution in [-0.2, 0) is 4.79 Å². The highest BCUT2D eigenvalue weighted by molar-refractivity contribution is 5.83. The van der Waals surface area contributed by atoms with E-state index in [1.807, 2.05) is 11.9 Å². The predicted molar refractivity (Wildman–Crippen MR) is 75.6 cm³/mol. The largest absolute Gasteiger partial charge is 0.480 e. The van der Waals surface area contributed by atoms with E-state index in [0.29, 0.717) is 18.9 Å². The average Bonchev–Trinajstić information content (AvgIpc) is 2.47. The number of nitrogens with zero attached hydrogens (tertiary/aromatic N) is 2. The maximum Gasteiger partial charge on any atom is 0.326 e. The van der Waals surface area contributed by atoms with Crippen LogP contribution in [0.3, 0.4) is 0 Å². The van der Waals surface area contributed by atoms with Crippen molar-refractivity contribution >= 4 is 12.0 Å². The molecule has 0 radical (unpaired) electrons. The molecular weight excluding hydrogens is 258 g/mol. The number of likely N-dealkylation sites (tertiary alicyclic amines) is 2. The van der Waals surface area contributed by atoms with Gasteiger partial charge >= 0.3 is 12.0 Å². The van der Waals surface area contributed by atoms with Crippen LogP contribution >= 0.6 is 0 Å². The Hall–Kier alpha value is -1.30. The second-order valence-corrected chi connectivity index (χ2v) is 5.84. The zero-order chi connectivity index (χ0) is 14.5. The summed E-state index contributed by atoms with van der Waals surface area (Å²) in [6.07, 6.45) is 4.51. The SMILES string of the molecule is CNCC1CCCN(C(=O)N2CCCCC2C(=O)O)C1. The molecule has 0 aliphatic carbocycles. The van der Waals surface area contributed by atoms with Crippen LogP contribution in [0.15, 0.2) is 0 Å². The van der Waals surface area contributed by atoms with Crippen LogP contribution in [0.1, 0.15) is 32.1 Å². The smallest absolute Gasteiger partial charge is 0.326 e. The van der Waals surface area contributed by atoms with Crippen molar-refractivity contribution in [1.82, 2.24) is 15.1 Å². The summed E-state index contributed by atoms with van der Waals surface area (Å²) in [5, 5.41) is 12.4. The summed E-state index contributed by atoms with van der Waals surface area (Å²) in [5.41, 5.74) is 0. The number of rotatable bonds is 3. The minimum Gasteiger partial charge on any atom is -0.480 e. The molecule has 2 atom stereocenters. The van der Waals surface area contributed by atoms with Crippen molar-refractivity contribution in [1.29, 1.82) is 0 Å². The van der Waals surface area contributed by atoms with Gasteiger partial charge in [-0.05, 0) is 51.6 Å². The van der Waals surface area contributed by atoms with Crippen LogP contribution in [-0.4, -0.2) is 66.2 Å². The Labute approximate surface area is 120 Å². The third-order valence-electron chi connectivity index (χ3n) is 4.32. The average molecular weight is 283 g/mol. The standard InChI is InChI=1S/C14H25N3O3/c1-15-9-11-5-4-7-16(10-11)14(20)17-8-3-2-6-12(17)13(18)19/h11-12,15H,2-10H2,1H3,(H,18,19). The second-order valence-electron chi connectivity index (χ2n) is 5.84. The molecule has 2 amide bonds. The highest BCUT2D eigenvalue weighted by Gasteiger charge is 2.35. The third-order valence-corrected chi connectivity index (χ3v) is 4.32. The van der Waals surface area contributed by atoms with Crippen molar-refractivity contribution in [2.45, 2.75) is 38.1 Å². The first kappa shape index (κ1) is 15.1. The van der Waals surface area contributed by atoms with Crippen LogP contribution in [0.25, 0.3) is 0 Å². The summed E-state index contributed by atoms with van der Waals surface area (Å²) in [6, 6.07) is -0.723. The summed E-state index contributed by atoms with van der Waals surface area (Å²) in [5.74, 6) is -0.396. The van der Waals surface area contributed by atoms with E-state index in [-0.39, 0.29) is 6.03 Å². The van der Waals surface area contributed by atoms with E-state index in [4.69, 9.17) is 0 Å². The van der Waals surface area contributed by atoms with E-state index in [1.54, 1.807) is 4.90 Å². The highest BCUT2D eigenvalue weighted by atomic mass is 16.4. The van der Waals surface area contributed by atoms with Crippen molar-refractivity contribution in [2.75, 3.05) is 33.2 Å². The molecule has 2 N–H and O–H groups in total. The summed E-state index contributed by atoms with van der Waals surface area (Å²) in [7, 11) is 1.92. The van der Waals surface area contributed by atoms with E-state index in [0.717, 1.165) is 45.3 Å². The lowest BCUT2D eigenvalue weighted by Crippen LogP contribution is -2.55. The molecule has 0 saturated carbocycles. The highest BCUT2D eigenvalue weighted by Crippen LogP contribution is 2.22.